The first-order valence-corrected chi connectivity index (χ1v) is 12.8. The average molecular weight is 515 g/mol. The van der Waals surface area contributed by atoms with Gasteiger partial charge in [-0.25, -0.2) is 0 Å². The lowest BCUT2D eigenvalue weighted by molar-refractivity contribution is -0.137. The number of amides is 1. The summed E-state index contributed by atoms with van der Waals surface area (Å²) in [5.41, 5.74) is 4.11. The van der Waals surface area contributed by atoms with Gasteiger partial charge in [-0.1, -0.05) is 72.8 Å². The Morgan fingerprint density at radius 1 is 0.789 bits per heavy atom. The molecule has 0 bridgehead atoms. The predicted octanol–water partition coefficient (Wildman–Crippen LogP) is 8.00. The third-order valence-corrected chi connectivity index (χ3v) is 7.17. The molecule has 5 rings (SSSR count). The van der Waals surface area contributed by atoms with Crippen molar-refractivity contribution >= 4 is 11.6 Å². The van der Waals surface area contributed by atoms with E-state index in [4.69, 9.17) is 0 Å². The summed E-state index contributed by atoms with van der Waals surface area (Å²) < 4.78 is 38.9. The molecule has 1 aliphatic rings. The Labute approximate surface area is 220 Å². The normalized spacial score (nSPS) is 14.8. The molecule has 38 heavy (non-hydrogen) atoms. The number of nitrogens with zero attached hydrogens (tertiary/aromatic N) is 1. The van der Waals surface area contributed by atoms with Crippen LogP contribution in [0.15, 0.2) is 103 Å². The van der Waals surface area contributed by atoms with E-state index in [-0.39, 0.29) is 5.91 Å². The van der Waals surface area contributed by atoms with E-state index in [2.05, 4.69) is 46.6 Å². The lowest BCUT2D eigenvalue weighted by Gasteiger charge is -2.32. The smallest absolute Gasteiger partial charge is 0.322 e. The number of anilines is 1. The summed E-state index contributed by atoms with van der Waals surface area (Å²) in [5.74, 6) is 0.189. The Morgan fingerprint density at radius 2 is 1.42 bits per heavy atom. The first-order valence-electron chi connectivity index (χ1n) is 12.8. The molecule has 4 aromatic carbocycles. The zero-order valence-corrected chi connectivity index (χ0v) is 20.9. The zero-order valence-electron chi connectivity index (χ0n) is 20.9. The van der Waals surface area contributed by atoms with Gasteiger partial charge in [0, 0.05) is 17.8 Å². The van der Waals surface area contributed by atoms with E-state index in [1.807, 2.05) is 18.2 Å². The number of halogens is 3. The summed E-state index contributed by atoms with van der Waals surface area (Å²) in [4.78, 5) is 15.6. The first kappa shape index (κ1) is 25.7. The molecule has 0 radical (unpaired) electrons. The van der Waals surface area contributed by atoms with Crippen LogP contribution in [0.2, 0.25) is 0 Å². The molecule has 1 saturated heterocycles. The highest BCUT2D eigenvalue weighted by atomic mass is 19.4. The van der Waals surface area contributed by atoms with Crippen molar-refractivity contribution in [3.05, 3.63) is 125 Å². The number of nitrogens with one attached hydrogen (secondary N) is 1. The SMILES string of the molecule is O=C(Nc1ccc(C2CCN(Cc3ccccc3)CC2)cc1)c1ccccc1-c1ccc(C(F)(F)F)cc1. The number of likely N-dealkylation sites (tertiary alicyclic amines) is 1. The Balaban J connectivity index is 1.21. The molecule has 3 nitrogen and oxygen atoms in total. The van der Waals surface area contributed by atoms with E-state index in [9.17, 15) is 18.0 Å². The molecular weight excluding hydrogens is 485 g/mol. The van der Waals surface area contributed by atoms with Gasteiger partial charge in [0.1, 0.15) is 0 Å². The maximum atomic E-state index is 13.1. The number of hydrogen-bond donors (Lipinski definition) is 1. The van der Waals surface area contributed by atoms with Crippen LogP contribution in [-0.4, -0.2) is 23.9 Å². The zero-order chi connectivity index (χ0) is 26.5. The maximum Gasteiger partial charge on any atom is 0.416 e. The van der Waals surface area contributed by atoms with Gasteiger partial charge in [-0.3, -0.25) is 9.69 Å². The third kappa shape index (κ3) is 6.14. The summed E-state index contributed by atoms with van der Waals surface area (Å²) in [6, 6.07) is 30.3. The Kier molecular flexibility index (Phi) is 7.61. The number of rotatable bonds is 6. The average Bonchev–Trinajstić information content (AvgIpc) is 2.94. The molecule has 0 saturated carbocycles. The van der Waals surface area contributed by atoms with Crippen molar-refractivity contribution in [2.45, 2.75) is 31.5 Å². The fraction of sp³-hybridized carbons (Fsp3) is 0.219. The molecule has 0 spiro atoms. The largest absolute Gasteiger partial charge is 0.416 e. The predicted molar refractivity (Wildman–Crippen MR) is 145 cm³/mol. The number of benzene rings is 4. The molecule has 0 atom stereocenters. The monoisotopic (exact) mass is 514 g/mol. The molecule has 0 unspecified atom stereocenters. The molecule has 1 heterocycles. The fourth-order valence-electron chi connectivity index (χ4n) is 5.07. The molecule has 0 aromatic heterocycles. The van der Waals surface area contributed by atoms with Crippen LogP contribution in [0.3, 0.4) is 0 Å². The standard InChI is InChI=1S/C32H29F3N2O/c33-32(34,35)27-14-10-26(11-15-27)29-8-4-5-9-30(29)31(38)36-28-16-12-24(13-17-28)25-18-20-37(21-19-25)22-23-6-2-1-3-7-23/h1-17,25H,18-22H2,(H,36,38). The van der Waals surface area contributed by atoms with Gasteiger partial charge < -0.3 is 5.32 Å². The highest BCUT2D eigenvalue weighted by Crippen LogP contribution is 2.33. The topological polar surface area (TPSA) is 32.3 Å². The minimum atomic E-state index is -4.40. The van der Waals surface area contributed by atoms with Gasteiger partial charge in [-0.15, -0.1) is 0 Å². The van der Waals surface area contributed by atoms with Gasteiger partial charge >= 0.3 is 6.18 Å². The van der Waals surface area contributed by atoms with E-state index in [0.717, 1.165) is 44.6 Å². The van der Waals surface area contributed by atoms with Crippen LogP contribution in [0.25, 0.3) is 11.1 Å². The van der Waals surface area contributed by atoms with E-state index >= 15 is 0 Å². The van der Waals surface area contributed by atoms with Gasteiger partial charge in [-0.05, 0) is 84.4 Å². The van der Waals surface area contributed by atoms with Crippen molar-refractivity contribution < 1.29 is 18.0 Å². The maximum absolute atomic E-state index is 13.1. The van der Waals surface area contributed by atoms with Gasteiger partial charge in [-0.2, -0.15) is 13.2 Å². The molecule has 1 amide bonds. The Hall–Kier alpha value is -3.90. The van der Waals surface area contributed by atoms with E-state index in [1.165, 1.54) is 23.3 Å². The van der Waals surface area contributed by atoms with Crippen LogP contribution in [0.1, 0.15) is 45.8 Å². The van der Waals surface area contributed by atoms with Crippen LogP contribution in [0.4, 0.5) is 18.9 Å². The number of hydrogen-bond acceptors (Lipinski definition) is 2. The first-order chi connectivity index (χ1) is 18.4. The van der Waals surface area contributed by atoms with Crippen LogP contribution in [-0.2, 0) is 12.7 Å². The molecule has 4 aromatic rings. The summed E-state index contributed by atoms with van der Waals surface area (Å²) in [7, 11) is 0. The highest BCUT2D eigenvalue weighted by molar-refractivity contribution is 6.08. The van der Waals surface area contributed by atoms with Crippen molar-refractivity contribution in [2.24, 2.45) is 0 Å². The lowest BCUT2D eigenvalue weighted by Crippen LogP contribution is -2.32. The van der Waals surface area contributed by atoms with Gasteiger partial charge in [0.25, 0.3) is 5.91 Å². The number of alkyl halides is 3. The summed E-state index contributed by atoms with van der Waals surface area (Å²) in [6.07, 6.45) is -2.21. The van der Waals surface area contributed by atoms with Crippen LogP contribution >= 0.6 is 0 Å². The quantitative estimate of drug-likeness (QED) is 0.283. The van der Waals surface area contributed by atoms with E-state index in [0.29, 0.717) is 28.3 Å². The molecule has 194 valence electrons. The van der Waals surface area contributed by atoms with Crippen molar-refractivity contribution in [3.8, 4) is 11.1 Å². The van der Waals surface area contributed by atoms with Crippen molar-refractivity contribution in [1.82, 2.24) is 4.90 Å². The van der Waals surface area contributed by atoms with Crippen LogP contribution < -0.4 is 5.32 Å². The van der Waals surface area contributed by atoms with Crippen molar-refractivity contribution in [1.29, 1.82) is 0 Å². The second-order valence-corrected chi connectivity index (χ2v) is 9.73. The minimum absolute atomic E-state index is 0.303. The molecular formula is C32H29F3N2O. The van der Waals surface area contributed by atoms with Crippen molar-refractivity contribution in [2.75, 3.05) is 18.4 Å². The number of carbonyl (C=O) groups excluding carboxylic acids is 1. The Bertz CT molecular complexity index is 1360. The highest BCUT2D eigenvalue weighted by Gasteiger charge is 2.30. The van der Waals surface area contributed by atoms with Crippen LogP contribution in [0, 0.1) is 0 Å². The summed E-state index contributed by atoms with van der Waals surface area (Å²) >= 11 is 0. The van der Waals surface area contributed by atoms with Gasteiger partial charge in [0.05, 0.1) is 5.56 Å². The summed E-state index contributed by atoms with van der Waals surface area (Å²) in [5, 5.41) is 2.94. The number of carbonyl (C=O) groups is 1. The van der Waals surface area contributed by atoms with E-state index < -0.39 is 11.7 Å². The van der Waals surface area contributed by atoms with Gasteiger partial charge in [0.15, 0.2) is 0 Å². The minimum Gasteiger partial charge on any atom is -0.322 e. The molecule has 1 aliphatic heterocycles. The number of piperidine rings is 1. The fourth-order valence-corrected chi connectivity index (χ4v) is 5.07. The second-order valence-electron chi connectivity index (χ2n) is 9.73. The molecule has 6 heteroatoms. The lowest BCUT2D eigenvalue weighted by atomic mass is 9.89. The molecule has 1 fully saturated rings. The molecule has 1 N–H and O–H groups in total. The Morgan fingerprint density at radius 3 is 2.08 bits per heavy atom. The van der Waals surface area contributed by atoms with Gasteiger partial charge in [0.2, 0.25) is 0 Å². The molecule has 0 aliphatic carbocycles. The third-order valence-electron chi connectivity index (χ3n) is 7.17. The van der Waals surface area contributed by atoms with Crippen LogP contribution in [0.5, 0.6) is 0 Å². The summed E-state index contributed by atoms with van der Waals surface area (Å²) in [6.45, 7) is 3.09. The second kappa shape index (κ2) is 11.2. The van der Waals surface area contributed by atoms with E-state index in [1.54, 1.807) is 24.3 Å². The van der Waals surface area contributed by atoms with Crippen molar-refractivity contribution in [3.63, 3.8) is 0 Å².